The van der Waals surface area contributed by atoms with Crippen LogP contribution in [0.4, 0.5) is 0 Å². The Morgan fingerprint density at radius 2 is 1.24 bits per heavy atom. The van der Waals surface area contributed by atoms with Crippen LogP contribution in [0.15, 0.2) is 0 Å². The number of rotatable bonds is 4. The molecule has 8 heteroatoms. The molecular formula is C9H20Cl2N2O3P+3. The van der Waals surface area contributed by atoms with Crippen molar-refractivity contribution in [2.24, 2.45) is 0 Å². The maximum atomic E-state index is 8.70. The molecule has 2 aliphatic heterocycles. The molecule has 2 bridgehead atoms. The summed E-state index contributed by atoms with van der Waals surface area (Å²) < 4.78 is 11.2. The maximum absolute atomic E-state index is 8.70. The molecule has 2 heterocycles. The topological polar surface area (TPSA) is 57.5 Å². The lowest BCUT2D eigenvalue weighted by atomic mass is 10.3. The summed E-state index contributed by atoms with van der Waals surface area (Å²) in [6.07, 6.45) is 0. The van der Waals surface area contributed by atoms with E-state index in [1.165, 1.54) is 41.8 Å². The minimum atomic E-state index is -2.87. The summed E-state index contributed by atoms with van der Waals surface area (Å²) >= 11 is 11.7. The molecule has 2 saturated heterocycles. The first-order valence-corrected chi connectivity index (χ1v) is 7.88. The van der Waals surface area contributed by atoms with Crippen molar-refractivity contribution in [2.75, 3.05) is 57.7 Å². The van der Waals surface area contributed by atoms with E-state index in [1.807, 2.05) is 0 Å². The zero-order valence-corrected chi connectivity index (χ0v) is 12.2. The summed E-state index contributed by atoms with van der Waals surface area (Å²) in [5, 5.41) is 0. The predicted octanol–water partition coefficient (Wildman–Crippen LogP) is 0.711. The van der Waals surface area contributed by atoms with Gasteiger partial charge in [0.2, 0.25) is 6.67 Å². The zero-order chi connectivity index (χ0) is 12.9. The highest BCUT2D eigenvalue weighted by Crippen LogP contribution is 2.31. The minimum absolute atomic E-state index is 0.806. The molecule has 0 atom stereocenters. The number of hydrogen-bond donors (Lipinski definition) is 2. The third-order valence-electron chi connectivity index (χ3n) is 3.82. The second-order valence-electron chi connectivity index (χ2n) is 4.80. The van der Waals surface area contributed by atoms with Gasteiger partial charge in [-0.25, -0.2) is 0 Å². The fraction of sp³-hybridized carbons (Fsp3) is 1.00. The standard InChI is InChI=1S/C9H18Cl2N2.HO3P/c10-1-3-12-5-7-13(9-12,4-2-11)8-6-12;1-4(2)3/h1-9H2;(H-,1,2,3)/q+2;/p+1. The number of quaternary nitrogens is 2. The lowest BCUT2D eigenvalue weighted by Gasteiger charge is -2.26. The number of hydrogen-bond acceptors (Lipinski definition) is 1. The summed E-state index contributed by atoms with van der Waals surface area (Å²) in [6.45, 7) is 8.90. The van der Waals surface area contributed by atoms with Gasteiger partial charge in [-0.2, -0.15) is 0 Å². The monoisotopic (exact) mass is 305 g/mol. The van der Waals surface area contributed by atoms with Gasteiger partial charge in [-0.15, -0.1) is 33.0 Å². The molecule has 0 amide bonds. The Bertz CT molecular complexity index is 249. The summed E-state index contributed by atoms with van der Waals surface area (Å²) in [4.78, 5) is 14.2. The van der Waals surface area contributed by atoms with Crippen molar-refractivity contribution in [3.63, 3.8) is 0 Å². The van der Waals surface area contributed by atoms with Crippen molar-refractivity contribution in [2.45, 2.75) is 0 Å². The molecule has 2 rings (SSSR count). The van der Waals surface area contributed by atoms with Crippen molar-refractivity contribution >= 4 is 31.5 Å². The predicted molar refractivity (Wildman–Crippen MR) is 68.1 cm³/mol. The van der Waals surface area contributed by atoms with Gasteiger partial charge < -0.3 is 0 Å². The van der Waals surface area contributed by atoms with E-state index >= 15 is 0 Å². The van der Waals surface area contributed by atoms with Crippen molar-refractivity contribution in [3.05, 3.63) is 0 Å². The molecule has 0 spiro atoms. The Kier molecular flexibility index (Phi) is 6.06. The summed E-state index contributed by atoms with van der Waals surface area (Å²) in [5.74, 6) is 1.61. The van der Waals surface area contributed by atoms with E-state index in [2.05, 4.69) is 0 Å². The van der Waals surface area contributed by atoms with Gasteiger partial charge in [-0.3, -0.25) is 8.97 Å². The van der Waals surface area contributed by atoms with Crippen molar-refractivity contribution in [1.29, 1.82) is 0 Å². The summed E-state index contributed by atoms with van der Waals surface area (Å²) in [7, 11) is -2.87. The molecule has 0 aromatic heterocycles. The number of fused-ring (bicyclic) bond motifs is 2. The third kappa shape index (κ3) is 4.28. The molecule has 100 valence electrons. The number of nitrogens with zero attached hydrogens (tertiary/aromatic N) is 2. The van der Waals surface area contributed by atoms with E-state index < -0.39 is 8.25 Å². The van der Waals surface area contributed by atoms with E-state index in [1.54, 1.807) is 0 Å². The molecule has 0 aromatic carbocycles. The van der Waals surface area contributed by atoms with Crippen LogP contribution in [0.1, 0.15) is 0 Å². The van der Waals surface area contributed by atoms with Gasteiger partial charge in [0.05, 0.1) is 24.8 Å². The zero-order valence-electron chi connectivity index (χ0n) is 9.76. The Labute approximate surface area is 113 Å². The molecule has 2 N–H and O–H groups in total. The average molecular weight is 306 g/mol. The minimum Gasteiger partial charge on any atom is -0.267 e. The van der Waals surface area contributed by atoms with Crippen LogP contribution in [-0.4, -0.2) is 76.5 Å². The molecule has 5 nitrogen and oxygen atoms in total. The summed E-state index contributed by atoms with van der Waals surface area (Å²) in [5.41, 5.74) is 0. The molecule has 2 aliphatic rings. The third-order valence-corrected chi connectivity index (χ3v) is 4.15. The molecule has 0 radical (unpaired) electrons. The highest BCUT2D eigenvalue weighted by atomic mass is 35.5. The first-order chi connectivity index (χ1) is 7.97. The Hall–Kier alpha value is 0.520. The van der Waals surface area contributed by atoms with E-state index in [4.69, 9.17) is 37.6 Å². The van der Waals surface area contributed by atoms with Crippen LogP contribution in [0.5, 0.6) is 0 Å². The maximum Gasteiger partial charge on any atom is 0.692 e. The van der Waals surface area contributed by atoms with Crippen LogP contribution in [-0.2, 0) is 4.57 Å². The molecule has 0 saturated carbocycles. The lowest BCUT2D eigenvalue weighted by Crippen LogP contribution is -2.48. The van der Waals surface area contributed by atoms with Crippen LogP contribution in [0.3, 0.4) is 0 Å². The summed E-state index contributed by atoms with van der Waals surface area (Å²) in [6, 6.07) is 0. The van der Waals surface area contributed by atoms with Crippen molar-refractivity contribution in [1.82, 2.24) is 0 Å². The van der Waals surface area contributed by atoms with Crippen LogP contribution in [0.25, 0.3) is 0 Å². The van der Waals surface area contributed by atoms with Crippen LogP contribution in [0, 0.1) is 0 Å². The van der Waals surface area contributed by atoms with Gasteiger partial charge in [0.25, 0.3) is 0 Å². The number of halogens is 2. The number of alkyl halides is 2. The first-order valence-electron chi connectivity index (χ1n) is 5.65. The molecule has 0 aliphatic carbocycles. The second kappa shape index (κ2) is 6.62. The fourth-order valence-electron chi connectivity index (χ4n) is 2.94. The molecule has 2 fully saturated rings. The SMILES string of the molecule is ClCC[N+]12CC[N+](CCCl)(CC1)C2.O=[P+](O)O. The van der Waals surface area contributed by atoms with E-state index in [-0.39, 0.29) is 0 Å². The highest BCUT2D eigenvalue weighted by molar-refractivity contribution is 7.30. The molecule has 0 aromatic rings. The van der Waals surface area contributed by atoms with Gasteiger partial charge in [0, 0.05) is 4.57 Å². The largest absolute Gasteiger partial charge is 0.692 e. The van der Waals surface area contributed by atoms with E-state index in [9.17, 15) is 0 Å². The van der Waals surface area contributed by atoms with Crippen LogP contribution < -0.4 is 0 Å². The Morgan fingerprint density at radius 1 is 0.941 bits per heavy atom. The van der Waals surface area contributed by atoms with Gasteiger partial charge in [0.15, 0.2) is 0 Å². The van der Waals surface area contributed by atoms with Gasteiger partial charge in [-0.05, 0) is 0 Å². The van der Waals surface area contributed by atoms with Gasteiger partial charge in [0.1, 0.15) is 26.2 Å². The molecule has 0 unspecified atom stereocenters. The van der Waals surface area contributed by atoms with E-state index in [0.717, 1.165) is 24.8 Å². The van der Waals surface area contributed by atoms with Gasteiger partial charge in [-0.1, -0.05) is 0 Å². The Balaban J connectivity index is 0.000000317. The number of piperazine rings is 1. The fourth-order valence-corrected chi connectivity index (χ4v) is 3.66. The van der Waals surface area contributed by atoms with E-state index in [0.29, 0.717) is 0 Å². The van der Waals surface area contributed by atoms with Crippen molar-refractivity contribution in [3.8, 4) is 0 Å². The lowest BCUT2D eigenvalue weighted by molar-refractivity contribution is -0.985. The Morgan fingerprint density at radius 3 is 1.47 bits per heavy atom. The molecular weight excluding hydrogens is 286 g/mol. The smallest absolute Gasteiger partial charge is 0.267 e. The average Bonchev–Trinajstić information content (AvgIpc) is 2.73. The normalized spacial score (nSPS) is 34.4. The van der Waals surface area contributed by atoms with Crippen LogP contribution in [0.2, 0.25) is 0 Å². The first kappa shape index (κ1) is 15.6. The molecule has 17 heavy (non-hydrogen) atoms. The van der Waals surface area contributed by atoms with Gasteiger partial charge >= 0.3 is 8.25 Å². The van der Waals surface area contributed by atoms with Crippen LogP contribution >= 0.6 is 31.5 Å². The second-order valence-corrected chi connectivity index (χ2v) is 6.06. The quantitative estimate of drug-likeness (QED) is 0.457. The van der Waals surface area contributed by atoms with Crippen molar-refractivity contribution < 1.29 is 23.3 Å². The highest BCUT2D eigenvalue weighted by Gasteiger charge is 2.54.